The van der Waals surface area contributed by atoms with Gasteiger partial charge in [-0.15, -0.1) is 0 Å². The van der Waals surface area contributed by atoms with Crippen LogP contribution in [0.25, 0.3) is 0 Å². The summed E-state index contributed by atoms with van der Waals surface area (Å²) in [5, 5.41) is 19.2. The molecule has 0 fully saturated rings. The first-order valence-electron chi connectivity index (χ1n) is 5.29. The molecule has 0 amide bonds. The van der Waals surface area contributed by atoms with E-state index in [1.165, 1.54) is 18.2 Å². The Balaban J connectivity index is 2.27. The number of ether oxygens (including phenoxy) is 1. The number of pyridine rings is 1. The normalized spacial score (nSPS) is 9.80. The molecule has 7 nitrogen and oxygen atoms in total. The first-order chi connectivity index (χ1) is 9.51. The van der Waals surface area contributed by atoms with Crippen LogP contribution in [0.5, 0.6) is 11.6 Å². The lowest BCUT2D eigenvalue weighted by Crippen LogP contribution is -1.99. The van der Waals surface area contributed by atoms with E-state index in [2.05, 4.69) is 4.98 Å². The summed E-state index contributed by atoms with van der Waals surface area (Å²) < 4.78 is 18.6. The summed E-state index contributed by atoms with van der Waals surface area (Å²) in [7, 11) is 0. The number of nitriles is 1. The molecule has 1 aromatic heterocycles. The number of nitrogens with zero attached hydrogens (tertiary/aromatic N) is 3. The number of hydrogen-bond donors (Lipinski definition) is 1. The van der Waals surface area contributed by atoms with Crippen molar-refractivity contribution in [1.82, 2.24) is 4.98 Å². The highest BCUT2D eigenvalue weighted by molar-refractivity contribution is 5.53. The maximum absolute atomic E-state index is 13.4. The highest BCUT2D eigenvalue weighted by Gasteiger charge is 2.14. The summed E-state index contributed by atoms with van der Waals surface area (Å²) in [6.07, 6.45) is 0. The van der Waals surface area contributed by atoms with Gasteiger partial charge in [0, 0.05) is 18.2 Å². The summed E-state index contributed by atoms with van der Waals surface area (Å²) in [5.74, 6) is -0.957. The molecule has 2 N–H and O–H groups in total. The minimum Gasteiger partial charge on any atom is -0.439 e. The van der Waals surface area contributed by atoms with Gasteiger partial charge in [-0.1, -0.05) is 0 Å². The van der Waals surface area contributed by atoms with Crippen LogP contribution >= 0.6 is 0 Å². The van der Waals surface area contributed by atoms with E-state index in [0.29, 0.717) is 0 Å². The van der Waals surface area contributed by atoms with E-state index < -0.39 is 10.7 Å². The Kier molecular flexibility index (Phi) is 3.43. The van der Waals surface area contributed by atoms with Gasteiger partial charge in [-0.25, -0.2) is 4.39 Å². The Bertz CT molecular complexity index is 727. The molecule has 0 aliphatic carbocycles. The highest BCUT2D eigenvalue weighted by atomic mass is 19.1. The molecule has 100 valence electrons. The SMILES string of the molecule is N#Cc1ccc(Oc2ccc([N+](=O)[O-])c(N)n2)cc1F. The highest BCUT2D eigenvalue weighted by Crippen LogP contribution is 2.26. The molecule has 2 aromatic rings. The molecule has 1 aromatic carbocycles. The molecule has 2 rings (SSSR count). The van der Waals surface area contributed by atoms with Crippen molar-refractivity contribution in [2.75, 3.05) is 5.73 Å². The van der Waals surface area contributed by atoms with E-state index >= 15 is 0 Å². The summed E-state index contributed by atoms with van der Waals surface area (Å²) >= 11 is 0. The van der Waals surface area contributed by atoms with Crippen molar-refractivity contribution < 1.29 is 14.1 Å². The van der Waals surface area contributed by atoms with Crippen LogP contribution in [0.1, 0.15) is 5.56 Å². The standard InChI is InChI=1S/C12H7FN4O3/c13-9-5-8(2-1-7(9)6-14)20-11-4-3-10(17(18)19)12(15)16-11/h1-5H,(H2,15,16). The Labute approximate surface area is 112 Å². The van der Waals surface area contributed by atoms with Crippen LogP contribution in [0.15, 0.2) is 30.3 Å². The Hall–Kier alpha value is -3.21. The van der Waals surface area contributed by atoms with Crippen LogP contribution in [0.2, 0.25) is 0 Å². The second kappa shape index (κ2) is 5.19. The fourth-order valence-corrected chi connectivity index (χ4v) is 1.43. The van der Waals surface area contributed by atoms with Gasteiger partial charge < -0.3 is 10.5 Å². The second-order valence-corrected chi connectivity index (χ2v) is 3.67. The van der Waals surface area contributed by atoms with Crippen molar-refractivity contribution in [3.63, 3.8) is 0 Å². The van der Waals surface area contributed by atoms with Crippen molar-refractivity contribution in [2.45, 2.75) is 0 Å². The molecular weight excluding hydrogens is 267 g/mol. The number of aromatic nitrogens is 1. The second-order valence-electron chi connectivity index (χ2n) is 3.67. The van der Waals surface area contributed by atoms with Crippen molar-refractivity contribution in [3.8, 4) is 17.7 Å². The Morgan fingerprint density at radius 2 is 2.15 bits per heavy atom. The maximum atomic E-state index is 13.4. The first kappa shape index (κ1) is 13.2. The molecule has 0 saturated heterocycles. The maximum Gasteiger partial charge on any atom is 0.311 e. The summed E-state index contributed by atoms with van der Waals surface area (Å²) in [6.45, 7) is 0. The zero-order valence-electron chi connectivity index (χ0n) is 9.91. The predicted octanol–water partition coefficient (Wildman–Crippen LogP) is 2.38. The quantitative estimate of drug-likeness (QED) is 0.678. The summed E-state index contributed by atoms with van der Waals surface area (Å²) in [4.78, 5) is 13.6. The van der Waals surface area contributed by atoms with Gasteiger partial charge in [0.05, 0.1) is 10.5 Å². The first-order valence-corrected chi connectivity index (χ1v) is 5.29. The van der Waals surface area contributed by atoms with Crippen LogP contribution in [0.3, 0.4) is 0 Å². The van der Waals surface area contributed by atoms with Gasteiger partial charge in [0.2, 0.25) is 11.7 Å². The van der Waals surface area contributed by atoms with E-state index in [9.17, 15) is 14.5 Å². The van der Waals surface area contributed by atoms with Gasteiger partial charge in [-0.2, -0.15) is 10.2 Å². The van der Waals surface area contributed by atoms with Crippen molar-refractivity contribution in [3.05, 3.63) is 51.8 Å². The smallest absolute Gasteiger partial charge is 0.311 e. The molecule has 1 heterocycles. The number of rotatable bonds is 3. The molecule has 0 radical (unpaired) electrons. The topological polar surface area (TPSA) is 115 Å². The van der Waals surface area contributed by atoms with Gasteiger partial charge in [-0.3, -0.25) is 10.1 Å². The minimum atomic E-state index is -0.736. The monoisotopic (exact) mass is 274 g/mol. The van der Waals surface area contributed by atoms with Crippen LogP contribution < -0.4 is 10.5 Å². The lowest BCUT2D eigenvalue weighted by molar-refractivity contribution is -0.384. The molecule has 0 bridgehead atoms. The molecule has 8 heteroatoms. The lowest BCUT2D eigenvalue weighted by Gasteiger charge is -2.05. The van der Waals surface area contributed by atoms with Crippen LogP contribution in [0.4, 0.5) is 15.9 Å². The zero-order chi connectivity index (χ0) is 14.7. The minimum absolute atomic E-state index is 0.0165. The van der Waals surface area contributed by atoms with Gasteiger partial charge in [0.1, 0.15) is 17.6 Å². The number of nitrogens with two attached hydrogens (primary N) is 1. The summed E-state index contributed by atoms with van der Waals surface area (Å²) in [5.41, 5.74) is 4.94. The third-order valence-electron chi connectivity index (χ3n) is 2.36. The molecule has 0 saturated carbocycles. The third-order valence-corrected chi connectivity index (χ3v) is 2.36. The van der Waals surface area contributed by atoms with E-state index in [1.54, 1.807) is 6.07 Å². The Morgan fingerprint density at radius 1 is 1.40 bits per heavy atom. The van der Waals surface area contributed by atoms with Gasteiger partial charge in [0.25, 0.3) is 0 Å². The molecule has 0 aliphatic heterocycles. The molecule has 0 atom stereocenters. The largest absolute Gasteiger partial charge is 0.439 e. The number of nitro groups is 1. The zero-order valence-corrected chi connectivity index (χ0v) is 9.91. The number of nitrogen functional groups attached to an aromatic ring is 1. The van der Waals surface area contributed by atoms with Gasteiger partial charge >= 0.3 is 5.69 Å². The van der Waals surface area contributed by atoms with E-state index in [-0.39, 0.29) is 28.7 Å². The van der Waals surface area contributed by atoms with E-state index in [1.807, 2.05) is 0 Å². The number of benzene rings is 1. The van der Waals surface area contributed by atoms with Crippen LogP contribution in [-0.4, -0.2) is 9.91 Å². The average molecular weight is 274 g/mol. The Morgan fingerprint density at radius 3 is 2.70 bits per heavy atom. The molecule has 0 spiro atoms. The fraction of sp³-hybridized carbons (Fsp3) is 0. The molecule has 0 aliphatic rings. The van der Waals surface area contributed by atoms with Crippen molar-refractivity contribution in [2.24, 2.45) is 0 Å². The van der Waals surface area contributed by atoms with Crippen molar-refractivity contribution >= 4 is 11.5 Å². The fourth-order valence-electron chi connectivity index (χ4n) is 1.43. The van der Waals surface area contributed by atoms with Crippen LogP contribution in [0, 0.1) is 27.3 Å². The molecule has 0 unspecified atom stereocenters. The van der Waals surface area contributed by atoms with E-state index in [0.717, 1.165) is 12.1 Å². The molecular formula is C12H7FN4O3. The number of anilines is 1. The van der Waals surface area contributed by atoms with E-state index in [4.69, 9.17) is 15.7 Å². The van der Waals surface area contributed by atoms with Gasteiger partial charge in [0.15, 0.2) is 0 Å². The van der Waals surface area contributed by atoms with Crippen molar-refractivity contribution in [1.29, 1.82) is 5.26 Å². The average Bonchev–Trinajstić information content (AvgIpc) is 2.38. The number of halogens is 1. The predicted molar refractivity (Wildman–Crippen MR) is 66.5 cm³/mol. The molecule has 20 heavy (non-hydrogen) atoms. The number of hydrogen-bond acceptors (Lipinski definition) is 6. The lowest BCUT2D eigenvalue weighted by atomic mass is 10.2. The van der Waals surface area contributed by atoms with Crippen LogP contribution in [-0.2, 0) is 0 Å². The summed E-state index contributed by atoms with van der Waals surface area (Å²) in [6, 6.07) is 7.69. The third kappa shape index (κ3) is 2.62. The van der Waals surface area contributed by atoms with Gasteiger partial charge in [-0.05, 0) is 12.1 Å².